The Morgan fingerprint density at radius 1 is 1.18 bits per heavy atom. The summed E-state index contributed by atoms with van der Waals surface area (Å²) in [6, 6.07) is 4.08. The van der Waals surface area contributed by atoms with Gasteiger partial charge in [-0.25, -0.2) is 0 Å². The molecule has 1 saturated carbocycles. The molecule has 0 aromatic carbocycles. The van der Waals surface area contributed by atoms with E-state index in [2.05, 4.69) is 15.1 Å². The molecule has 0 spiro atoms. The van der Waals surface area contributed by atoms with E-state index in [1.807, 2.05) is 28.6 Å². The summed E-state index contributed by atoms with van der Waals surface area (Å²) < 4.78 is 1.88. The van der Waals surface area contributed by atoms with Gasteiger partial charge in [0.25, 0.3) is 0 Å². The van der Waals surface area contributed by atoms with Crippen LogP contribution in [0.25, 0.3) is 5.65 Å². The fourth-order valence-electron chi connectivity index (χ4n) is 4.27. The molecule has 2 aromatic heterocycles. The van der Waals surface area contributed by atoms with Gasteiger partial charge in [0.2, 0.25) is 11.8 Å². The van der Waals surface area contributed by atoms with Crippen LogP contribution in [0.1, 0.15) is 37.4 Å². The first-order valence-electron chi connectivity index (χ1n) is 9.99. The summed E-state index contributed by atoms with van der Waals surface area (Å²) >= 11 is 0. The number of likely N-dealkylation sites (tertiary alicyclic amines) is 1. The van der Waals surface area contributed by atoms with E-state index in [0.29, 0.717) is 18.9 Å². The highest BCUT2D eigenvalue weighted by Crippen LogP contribution is 2.35. The molecule has 9 nitrogen and oxygen atoms in total. The van der Waals surface area contributed by atoms with Crippen LogP contribution in [0.2, 0.25) is 0 Å². The zero-order valence-electron chi connectivity index (χ0n) is 16.3. The average molecular weight is 383 g/mol. The van der Waals surface area contributed by atoms with E-state index in [0.717, 1.165) is 43.2 Å². The fourth-order valence-corrected chi connectivity index (χ4v) is 4.27. The largest absolute Gasteiger partial charge is 0.351 e. The van der Waals surface area contributed by atoms with E-state index in [4.69, 9.17) is 5.10 Å². The van der Waals surface area contributed by atoms with Crippen molar-refractivity contribution in [2.75, 3.05) is 38.6 Å². The maximum absolute atomic E-state index is 12.7. The van der Waals surface area contributed by atoms with E-state index in [1.54, 1.807) is 11.9 Å². The summed E-state index contributed by atoms with van der Waals surface area (Å²) in [6.45, 7) is 2.02. The molecule has 28 heavy (non-hydrogen) atoms. The maximum atomic E-state index is 12.7. The number of nitrogens with zero attached hydrogens (tertiary/aromatic N) is 7. The number of carbonyl (C=O) groups is 2. The van der Waals surface area contributed by atoms with Crippen LogP contribution in [-0.2, 0) is 9.59 Å². The molecule has 2 saturated heterocycles. The number of rotatable bonds is 4. The van der Waals surface area contributed by atoms with Crippen LogP contribution in [-0.4, -0.2) is 81.2 Å². The lowest BCUT2D eigenvalue weighted by molar-refractivity contribution is -0.137. The van der Waals surface area contributed by atoms with E-state index in [9.17, 15) is 9.59 Å². The summed E-state index contributed by atoms with van der Waals surface area (Å²) in [7, 11) is 3.60. The monoisotopic (exact) mass is 383 g/mol. The number of carbonyl (C=O) groups excluding carboxylic acids is 2. The van der Waals surface area contributed by atoms with Gasteiger partial charge in [-0.2, -0.15) is 4.52 Å². The van der Waals surface area contributed by atoms with Crippen LogP contribution >= 0.6 is 0 Å². The van der Waals surface area contributed by atoms with Crippen LogP contribution in [0.15, 0.2) is 12.1 Å². The van der Waals surface area contributed by atoms with Crippen LogP contribution in [0, 0.1) is 5.92 Å². The minimum absolute atomic E-state index is 0.0516. The molecule has 0 bridgehead atoms. The van der Waals surface area contributed by atoms with Crippen LogP contribution in [0.3, 0.4) is 0 Å². The van der Waals surface area contributed by atoms with Gasteiger partial charge in [0.05, 0.1) is 12.0 Å². The molecule has 5 rings (SSSR count). The third-order valence-electron chi connectivity index (χ3n) is 6.52. The lowest BCUT2D eigenvalue weighted by Gasteiger charge is -2.45. The molecule has 2 amide bonds. The zero-order chi connectivity index (χ0) is 19.4. The second-order valence-corrected chi connectivity index (χ2v) is 8.33. The Bertz CT molecular complexity index is 932. The lowest BCUT2D eigenvalue weighted by atomic mass is 9.85. The molecule has 3 fully saturated rings. The number of hydrogen-bond acceptors (Lipinski definition) is 6. The predicted octanol–water partition coefficient (Wildman–Crippen LogP) is 0.517. The quantitative estimate of drug-likeness (QED) is 0.765. The molecule has 1 unspecified atom stereocenters. The van der Waals surface area contributed by atoms with Crippen molar-refractivity contribution in [3.05, 3.63) is 18.0 Å². The van der Waals surface area contributed by atoms with Gasteiger partial charge in [-0.1, -0.05) is 6.42 Å². The molecule has 2 aliphatic heterocycles. The molecule has 1 aliphatic carbocycles. The minimum atomic E-state index is -0.215. The maximum Gasteiger partial charge on any atom is 0.228 e. The van der Waals surface area contributed by atoms with Gasteiger partial charge in [-0.05, 0) is 25.0 Å². The Hall–Kier alpha value is -2.71. The summed E-state index contributed by atoms with van der Waals surface area (Å²) in [5, 5.41) is 13.3. The molecule has 1 atom stereocenters. The number of hydrogen-bond donors (Lipinski definition) is 0. The molecule has 3 aliphatic rings. The van der Waals surface area contributed by atoms with E-state index < -0.39 is 0 Å². The van der Waals surface area contributed by atoms with E-state index >= 15 is 0 Å². The van der Waals surface area contributed by atoms with Crippen molar-refractivity contribution in [2.45, 2.75) is 37.6 Å². The van der Waals surface area contributed by atoms with Crippen molar-refractivity contribution in [1.82, 2.24) is 29.6 Å². The number of fused-ring (bicyclic) bond motifs is 1. The molecular weight excluding hydrogens is 358 g/mol. The van der Waals surface area contributed by atoms with Gasteiger partial charge in [0, 0.05) is 46.1 Å². The lowest BCUT2D eigenvalue weighted by Crippen LogP contribution is -2.61. The van der Waals surface area contributed by atoms with Crippen molar-refractivity contribution < 1.29 is 9.59 Å². The third-order valence-corrected chi connectivity index (χ3v) is 6.52. The number of likely N-dealkylation sites (N-methyl/N-ethyl adjacent to an activating group) is 1. The Morgan fingerprint density at radius 3 is 2.61 bits per heavy atom. The van der Waals surface area contributed by atoms with Gasteiger partial charge in [0.1, 0.15) is 5.82 Å². The molecule has 2 aromatic rings. The highest BCUT2D eigenvalue weighted by Gasteiger charge is 2.39. The van der Waals surface area contributed by atoms with Gasteiger partial charge in [-0.15, -0.1) is 15.3 Å². The summed E-state index contributed by atoms with van der Waals surface area (Å²) in [5.41, 5.74) is 0.782. The summed E-state index contributed by atoms with van der Waals surface area (Å²) in [5.74, 6) is 2.22. The Morgan fingerprint density at radius 2 is 1.96 bits per heavy atom. The first-order valence-corrected chi connectivity index (χ1v) is 9.99. The molecule has 0 radical (unpaired) electrons. The predicted molar refractivity (Wildman–Crippen MR) is 102 cm³/mol. The van der Waals surface area contributed by atoms with Gasteiger partial charge < -0.3 is 14.7 Å². The number of aromatic nitrogens is 4. The zero-order valence-corrected chi connectivity index (χ0v) is 16.3. The number of anilines is 1. The first kappa shape index (κ1) is 17.4. The van der Waals surface area contributed by atoms with E-state index in [-0.39, 0.29) is 23.8 Å². The van der Waals surface area contributed by atoms with Crippen molar-refractivity contribution in [2.24, 2.45) is 5.92 Å². The average Bonchev–Trinajstić information content (AvgIpc) is 3.15. The Balaban J connectivity index is 1.25. The van der Waals surface area contributed by atoms with Crippen molar-refractivity contribution in [1.29, 1.82) is 0 Å². The second-order valence-electron chi connectivity index (χ2n) is 8.33. The third kappa shape index (κ3) is 2.71. The Labute approximate surface area is 163 Å². The summed E-state index contributed by atoms with van der Waals surface area (Å²) in [4.78, 5) is 30.0. The fraction of sp³-hybridized carbons (Fsp3) is 0.632. The molecular formula is C19H25N7O2. The van der Waals surface area contributed by atoms with Crippen LogP contribution < -0.4 is 4.90 Å². The van der Waals surface area contributed by atoms with Crippen LogP contribution in [0.4, 0.5) is 5.82 Å². The Kier molecular flexibility index (Phi) is 3.99. The van der Waals surface area contributed by atoms with Crippen LogP contribution in [0.5, 0.6) is 0 Å². The molecule has 4 heterocycles. The highest BCUT2D eigenvalue weighted by atomic mass is 16.2. The molecule has 0 N–H and O–H groups in total. The van der Waals surface area contributed by atoms with Crippen molar-refractivity contribution in [3.8, 4) is 0 Å². The van der Waals surface area contributed by atoms with Gasteiger partial charge in [0.15, 0.2) is 11.5 Å². The standard InChI is InChI=1S/C19H25N7O2/c1-23-9-13(8-17(23)27)19(28)24(2)14-10-25(11-14)16-7-6-15-20-21-18(26(15)22-16)12-4-3-5-12/h6-7,12-14H,3-5,8-11H2,1-2H3. The first-order chi connectivity index (χ1) is 13.5. The van der Waals surface area contributed by atoms with E-state index in [1.165, 1.54) is 6.42 Å². The smallest absolute Gasteiger partial charge is 0.228 e. The highest BCUT2D eigenvalue weighted by molar-refractivity contribution is 5.89. The van der Waals surface area contributed by atoms with Gasteiger partial charge in [-0.3, -0.25) is 9.59 Å². The molecule has 148 valence electrons. The van der Waals surface area contributed by atoms with Crippen molar-refractivity contribution >= 4 is 23.3 Å². The van der Waals surface area contributed by atoms with Gasteiger partial charge >= 0.3 is 0 Å². The normalized spacial score (nSPS) is 23.2. The molecule has 9 heteroatoms. The topological polar surface area (TPSA) is 86.9 Å². The minimum Gasteiger partial charge on any atom is -0.351 e. The summed E-state index contributed by atoms with van der Waals surface area (Å²) in [6.07, 6.45) is 3.89. The second kappa shape index (κ2) is 6.42. The number of amides is 2. The van der Waals surface area contributed by atoms with Crippen molar-refractivity contribution in [3.63, 3.8) is 0 Å². The SMILES string of the molecule is CN1CC(C(=O)N(C)C2CN(c3ccc4nnc(C5CCC5)n4n3)C2)CC1=O.